The number of H-pyrrole nitrogens is 2. The molecule has 0 saturated carbocycles. The van der Waals surface area contributed by atoms with Gasteiger partial charge in [-0.15, -0.1) is 11.8 Å². The highest BCUT2D eigenvalue weighted by atomic mass is 32.2. The van der Waals surface area contributed by atoms with Crippen molar-refractivity contribution in [2.24, 2.45) is 0 Å². The third-order valence-corrected chi connectivity index (χ3v) is 3.14. The van der Waals surface area contributed by atoms with Crippen molar-refractivity contribution in [3.8, 4) is 0 Å². The molecule has 1 aromatic heterocycles. The number of thioether (sulfide) groups is 1. The van der Waals surface area contributed by atoms with E-state index in [4.69, 9.17) is 0 Å². The Morgan fingerprint density at radius 2 is 2.17 bits per heavy atom. The van der Waals surface area contributed by atoms with E-state index >= 15 is 0 Å². The van der Waals surface area contributed by atoms with Crippen LogP contribution in [0.1, 0.15) is 23.4 Å². The van der Waals surface area contributed by atoms with Gasteiger partial charge in [-0.1, -0.05) is 0 Å². The molecule has 0 bridgehead atoms. The van der Waals surface area contributed by atoms with E-state index in [0.29, 0.717) is 0 Å². The molecule has 0 radical (unpaired) electrons. The summed E-state index contributed by atoms with van der Waals surface area (Å²) in [4.78, 5) is 26.9. The van der Waals surface area contributed by atoms with Gasteiger partial charge in [-0.25, -0.2) is 4.79 Å². The zero-order chi connectivity index (χ0) is 8.72. The van der Waals surface area contributed by atoms with Crippen LogP contribution in [0.15, 0.2) is 9.59 Å². The van der Waals surface area contributed by atoms with Crippen molar-refractivity contribution >= 4 is 11.8 Å². The summed E-state index contributed by atoms with van der Waals surface area (Å²) in [5, 5.41) is 0.195. The molecule has 2 N–H and O–H groups in total. The predicted octanol–water partition coefficient (Wildman–Crippen LogP) is 0.371. The van der Waals surface area contributed by atoms with Gasteiger partial charge in [0.15, 0.2) is 0 Å². The van der Waals surface area contributed by atoms with Gasteiger partial charge in [0.05, 0.1) is 5.56 Å². The van der Waals surface area contributed by atoms with E-state index in [9.17, 15) is 9.59 Å². The van der Waals surface area contributed by atoms with Crippen molar-refractivity contribution in [2.45, 2.75) is 17.9 Å². The number of aromatic nitrogens is 2. The fourth-order valence-corrected chi connectivity index (χ4v) is 2.44. The van der Waals surface area contributed by atoms with Gasteiger partial charge >= 0.3 is 5.69 Å². The quantitative estimate of drug-likeness (QED) is 0.612. The van der Waals surface area contributed by atoms with Crippen LogP contribution in [0.5, 0.6) is 0 Å². The van der Waals surface area contributed by atoms with Gasteiger partial charge in [0, 0.05) is 16.7 Å². The van der Waals surface area contributed by atoms with Gasteiger partial charge in [0.25, 0.3) is 5.56 Å². The highest BCUT2D eigenvalue weighted by Gasteiger charge is 2.23. The first-order valence-corrected chi connectivity index (χ1v) is 4.70. The van der Waals surface area contributed by atoms with E-state index in [1.165, 1.54) is 0 Å². The first kappa shape index (κ1) is 7.67. The smallest absolute Gasteiger partial charge is 0.310 e. The second-order valence-electron chi connectivity index (χ2n) is 2.75. The Hall–Kier alpha value is -0.970. The van der Waals surface area contributed by atoms with Gasteiger partial charge in [-0.05, 0) is 6.92 Å². The lowest BCUT2D eigenvalue weighted by Gasteiger charge is -1.98. The highest BCUT2D eigenvalue weighted by molar-refractivity contribution is 7.99. The minimum absolute atomic E-state index is 0.195. The second kappa shape index (κ2) is 2.52. The Morgan fingerprint density at radius 3 is 2.92 bits per heavy atom. The largest absolute Gasteiger partial charge is 0.325 e. The van der Waals surface area contributed by atoms with Gasteiger partial charge in [0.1, 0.15) is 0 Å². The third-order valence-electron chi connectivity index (χ3n) is 1.95. The van der Waals surface area contributed by atoms with Crippen LogP contribution in [-0.2, 0) is 5.75 Å². The summed E-state index contributed by atoms with van der Waals surface area (Å²) in [6.45, 7) is 1.96. The Bertz CT molecular complexity index is 420. The summed E-state index contributed by atoms with van der Waals surface area (Å²) in [6, 6.07) is 0. The molecule has 1 aromatic rings. The average Bonchev–Trinajstić information content (AvgIpc) is 2.31. The molecule has 1 aliphatic heterocycles. The van der Waals surface area contributed by atoms with Crippen LogP contribution in [0.4, 0.5) is 0 Å². The molecule has 0 fully saturated rings. The number of hydrogen-bond donors (Lipinski definition) is 2. The monoisotopic (exact) mass is 184 g/mol. The second-order valence-corrected chi connectivity index (χ2v) is 4.08. The summed E-state index contributed by atoms with van der Waals surface area (Å²) >= 11 is 1.66. The van der Waals surface area contributed by atoms with E-state index in [-0.39, 0.29) is 10.8 Å². The van der Waals surface area contributed by atoms with E-state index in [1.54, 1.807) is 11.8 Å². The zero-order valence-corrected chi connectivity index (χ0v) is 7.33. The van der Waals surface area contributed by atoms with Gasteiger partial charge in [-0.3, -0.25) is 9.78 Å². The lowest BCUT2D eigenvalue weighted by Crippen LogP contribution is -2.26. The molecule has 2 rings (SSSR count). The normalized spacial score (nSPS) is 20.9. The van der Waals surface area contributed by atoms with Crippen molar-refractivity contribution < 1.29 is 0 Å². The zero-order valence-electron chi connectivity index (χ0n) is 6.51. The number of nitrogens with one attached hydrogen (secondary N) is 2. The standard InChI is InChI=1S/C7H8N2O2S/c1-3-5-4(2-12-3)8-7(11)9-6(5)10/h3H,2H2,1H3,(H2,8,9,10,11)/t3-/m0/s1. The third kappa shape index (κ3) is 1.01. The molecule has 12 heavy (non-hydrogen) atoms. The summed E-state index contributed by atoms with van der Waals surface area (Å²) in [5.41, 5.74) is 0.848. The number of aromatic amines is 2. The van der Waals surface area contributed by atoms with Crippen LogP contribution in [-0.4, -0.2) is 9.97 Å². The lowest BCUT2D eigenvalue weighted by molar-refractivity contribution is 0.930. The van der Waals surface area contributed by atoms with Gasteiger partial charge in [-0.2, -0.15) is 0 Å². The van der Waals surface area contributed by atoms with Crippen LogP contribution >= 0.6 is 11.8 Å². The summed E-state index contributed by atoms with van der Waals surface area (Å²) in [6.07, 6.45) is 0. The molecule has 2 heterocycles. The van der Waals surface area contributed by atoms with Crippen LogP contribution in [0.2, 0.25) is 0 Å². The van der Waals surface area contributed by atoms with Crippen molar-refractivity contribution in [3.05, 3.63) is 32.1 Å². The maximum Gasteiger partial charge on any atom is 0.325 e. The number of hydrogen-bond acceptors (Lipinski definition) is 3. The molecule has 0 spiro atoms. The Labute approximate surface area is 72.4 Å². The SMILES string of the molecule is C[C@@H]1SCc2[nH]c(=O)[nH]c(=O)c21. The number of rotatable bonds is 0. The molecule has 4 nitrogen and oxygen atoms in total. The van der Waals surface area contributed by atoms with Crippen molar-refractivity contribution in [2.75, 3.05) is 0 Å². The van der Waals surface area contributed by atoms with E-state index < -0.39 is 5.69 Å². The van der Waals surface area contributed by atoms with Gasteiger partial charge in [0.2, 0.25) is 0 Å². The Morgan fingerprint density at radius 1 is 1.42 bits per heavy atom. The van der Waals surface area contributed by atoms with Gasteiger partial charge < -0.3 is 4.98 Å². The van der Waals surface area contributed by atoms with Crippen molar-refractivity contribution in [3.63, 3.8) is 0 Å². The van der Waals surface area contributed by atoms with E-state index in [0.717, 1.165) is 17.0 Å². The molecular formula is C7H8N2O2S. The maximum absolute atomic E-state index is 11.3. The lowest BCUT2D eigenvalue weighted by atomic mass is 10.2. The highest BCUT2D eigenvalue weighted by Crippen LogP contribution is 2.36. The average molecular weight is 184 g/mol. The Kier molecular flexibility index (Phi) is 1.61. The fourth-order valence-electron chi connectivity index (χ4n) is 1.38. The minimum atomic E-state index is -0.409. The first-order chi connectivity index (χ1) is 5.68. The summed E-state index contributed by atoms with van der Waals surface area (Å²) in [5.74, 6) is 0.732. The van der Waals surface area contributed by atoms with E-state index in [2.05, 4.69) is 9.97 Å². The molecule has 1 aliphatic rings. The van der Waals surface area contributed by atoms with Crippen molar-refractivity contribution in [1.82, 2.24) is 9.97 Å². The molecule has 0 aliphatic carbocycles. The molecule has 0 aromatic carbocycles. The topological polar surface area (TPSA) is 65.7 Å². The van der Waals surface area contributed by atoms with Crippen LogP contribution < -0.4 is 11.2 Å². The molecule has 0 saturated heterocycles. The minimum Gasteiger partial charge on any atom is -0.310 e. The molecular weight excluding hydrogens is 176 g/mol. The molecule has 0 amide bonds. The predicted molar refractivity (Wildman–Crippen MR) is 47.4 cm³/mol. The maximum atomic E-state index is 11.3. The summed E-state index contributed by atoms with van der Waals surface area (Å²) in [7, 11) is 0. The Balaban J connectivity index is 2.77. The molecule has 0 unspecified atom stereocenters. The van der Waals surface area contributed by atoms with Crippen LogP contribution in [0.3, 0.4) is 0 Å². The van der Waals surface area contributed by atoms with Crippen molar-refractivity contribution in [1.29, 1.82) is 0 Å². The summed E-state index contributed by atoms with van der Waals surface area (Å²) < 4.78 is 0. The fraction of sp³-hybridized carbons (Fsp3) is 0.429. The van der Waals surface area contributed by atoms with E-state index in [1.807, 2.05) is 6.92 Å². The van der Waals surface area contributed by atoms with Crippen LogP contribution in [0.25, 0.3) is 0 Å². The van der Waals surface area contributed by atoms with Crippen LogP contribution in [0, 0.1) is 0 Å². The molecule has 64 valence electrons. The number of fused-ring (bicyclic) bond motifs is 1. The molecule has 1 atom stereocenters. The molecule has 5 heteroatoms. The first-order valence-electron chi connectivity index (χ1n) is 3.65.